The van der Waals surface area contributed by atoms with Crippen LogP contribution in [0.25, 0.3) is 0 Å². The van der Waals surface area contributed by atoms with Crippen molar-refractivity contribution >= 4 is 0 Å². The molecule has 0 saturated carbocycles. The summed E-state index contributed by atoms with van der Waals surface area (Å²) in [5, 5.41) is 0. The van der Waals surface area contributed by atoms with Crippen molar-refractivity contribution < 1.29 is 69.7 Å². The van der Waals surface area contributed by atoms with Gasteiger partial charge in [0.25, 0.3) is 0 Å². The molecule has 0 N–H and O–H groups in total. The van der Waals surface area contributed by atoms with Gasteiger partial charge in [0.1, 0.15) is 0 Å². The number of allylic oxidation sites excluding steroid dienone is 16. The molecule has 0 atom stereocenters. The van der Waals surface area contributed by atoms with Crippen LogP contribution in [0.1, 0.15) is 308 Å². The van der Waals surface area contributed by atoms with E-state index in [0.29, 0.717) is 0 Å². The molecule has 8 aliphatic carbocycles. The van der Waals surface area contributed by atoms with Gasteiger partial charge < -0.3 is 49.6 Å². The summed E-state index contributed by atoms with van der Waals surface area (Å²) in [6.07, 6.45) is 104. The first kappa shape index (κ1) is 77.6. The molecule has 0 aromatic carbocycles. The molecule has 8 rings (SSSR count). The van der Waals surface area contributed by atoms with Gasteiger partial charge in [0.05, 0.1) is 0 Å². The minimum atomic E-state index is 0. The Morgan fingerprint density at radius 1 is 0.101 bits per heavy atom. The normalized spacial score (nSPS) is 20.4. The van der Waals surface area contributed by atoms with Gasteiger partial charge in [-0.05, 0) is 205 Å². The number of halogens is 4. The van der Waals surface area contributed by atoms with E-state index in [9.17, 15) is 0 Å². The summed E-state index contributed by atoms with van der Waals surface area (Å²) < 4.78 is 0. The minimum Gasteiger partial charge on any atom is -1.00 e. The van der Waals surface area contributed by atoms with Gasteiger partial charge in [-0.3, -0.25) is 0 Å². The second-order valence-corrected chi connectivity index (χ2v) is 19.7. The predicted octanol–water partition coefficient (Wildman–Crippen LogP) is 11.2. The second-order valence-electron chi connectivity index (χ2n) is 19.7. The van der Waals surface area contributed by atoms with Crippen LogP contribution in [-0.4, -0.2) is 0 Å². The summed E-state index contributed by atoms with van der Waals surface area (Å²) in [4.78, 5) is 0. The van der Waals surface area contributed by atoms with Gasteiger partial charge in [0, 0.05) is 20.1 Å². The second kappa shape index (κ2) is 74.3. The van der Waals surface area contributed by atoms with Gasteiger partial charge in [0.15, 0.2) is 0 Å². The van der Waals surface area contributed by atoms with E-state index < -0.39 is 0 Å². The summed E-state index contributed by atoms with van der Waals surface area (Å²) in [6.45, 7) is 0. The first-order valence-electron chi connectivity index (χ1n) is 29.2. The van der Waals surface area contributed by atoms with Crippen LogP contribution in [-0.2, 0) is 20.1 Å². The Bertz CT molecular complexity index is 790. The Morgan fingerprint density at radius 2 is 0.159 bits per heavy atom. The van der Waals surface area contributed by atoms with Crippen molar-refractivity contribution in [2.24, 2.45) is 0 Å². The van der Waals surface area contributed by atoms with Gasteiger partial charge in [-0.25, -0.2) is 0 Å². The molecule has 5 heteroatoms. The largest absolute Gasteiger partial charge is 1.00 e. The van der Waals surface area contributed by atoms with Gasteiger partial charge in [-0.15, -0.1) is 0 Å². The fourth-order valence-electron chi connectivity index (χ4n) is 8.91. The fourth-order valence-corrected chi connectivity index (χ4v) is 8.91. The van der Waals surface area contributed by atoms with E-state index in [1.54, 1.807) is 0 Å². The van der Waals surface area contributed by atoms with Crippen LogP contribution in [0.4, 0.5) is 0 Å². The predicted molar refractivity (Wildman–Crippen MR) is 295 cm³/mol. The van der Waals surface area contributed by atoms with Crippen molar-refractivity contribution in [1.82, 2.24) is 0 Å². The molecule has 1 radical (unpaired) electrons. The van der Waals surface area contributed by atoms with Gasteiger partial charge in [-0.2, -0.15) is 0 Å². The summed E-state index contributed by atoms with van der Waals surface area (Å²) in [5.41, 5.74) is 0. The summed E-state index contributed by atoms with van der Waals surface area (Å²) >= 11 is 0. The van der Waals surface area contributed by atoms with E-state index >= 15 is 0 Å². The molecule has 0 aromatic heterocycles. The maximum absolute atomic E-state index is 2.32. The van der Waals surface area contributed by atoms with E-state index in [4.69, 9.17) is 0 Å². The van der Waals surface area contributed by atoms with Crippen LogP contribution < -0.4 is 49.6 Å². The molecule has 409 valence electrons. The average molecular weight is 1220 g/mol. The molecule has 0 nitrogen and oxygen atoms in total. The Labute approximate surface area is 471 Å². The first-order chi connectivity index (χ1) is 32.0. The van der Waals surface area contributed by atoms with Crippen molar-refractivity contribution in [1.29, 1.82) is 0 Å². The third-order valence-electron chi connectivity index (χ3n) is 13.3. The van der Waals surface area contributed by atoms with Crippen molar-refractivity contribution in [2.45, 2.75) is 308 Å². The standard InChI is InChI=1S/8C8H14.4ClH.Ir/c8*1-2-4-6-8-7-5-3-1;;;;;/h8*1-2H,3-8H2;4*1H;/p-4. The zero-order valence-corrected chi connectivity index (χ0v) is 50.4. The summed E-state index contributed by atoms with van der Waals surface area (Å²) in [7, 11) is 0. The van der Waals surface area contributed by atoms with Crippen molar-refractivity contribution in [2.75, 3.05) is 0 Å². The van der Waals surface area contributed by atoms with Gasteiger partial charge in [-0.1, -0.05) is 200 Å². The molecule has 8 aliphatic rings. The van der Waals surface area contributed by atoms with Crippen LogP contribution in [0.5, 0.6) is 0 Å². The third-order valence-corrected chi connectivity index (χ3v) is 13.3. The van der Waals surface area contributed by atoms with Gasteiger partial charge >= 0.3 is 0 Å². The molecule has 0 aliphatic heterocycles. The fraction of sp³-hybridized carbons (Fsp3) is 0.750. The molecule has 0 saturated heterocycles. The van der Waals surface area contributed by atoms with Crippen molar-refractivity contribution in [3.05, 3.63) is 97.2 Å². The van der Waals surface area contributed by atoms with Crippen LogP contribution in [0.15, 0.2) is 97.2 Å². The van der Waals surface area contributed by atoms with Crippen molar-refractivity contribution in [3.63, 3.8) is 0 Å². The van der Waals surface area contributed by atoms with Gasteiger partial charge in [0.2, 0.25) is 0 Å². The summed E-state index contributed by atoms with van der Waals surface area (Å²) in [6, 6.07) is 0. The van der Waals surface area contributed by atoms with E-state index in [1.807, 2.05) is 0 Å². The first-order valence-corrected chi connectivity index (χ1v) is 29.2. The molecule has 0 aromatic rings. The van der Waals surface area contributed by atoms with E-state index in [1.165, 1.54) is 308 Å². The molecule has 0 fully saturated rings. The molecular weight excluding hydrogens is 1100 g/mol. The van der Waals surface area contributed by atoms with Crippen molar-refractivity contribution in [3.8, 4) is 0 Å². The third kappa shape index (κ3) is 72.0. The monoisotopic (exact) mass is 1210 g/mol. The van der Waals surface area contributed by atoms with E-state index in [-0.39, 0.29) is 69.7 Å². The zero-order valence-electron chi connectivity index (χ0n) is 45.0. The van der Waals surface area contributed by atoms with E-state index in [0.717, 1.165) is 0 Å². The Balaban J connectivity index is -0.000000224. The topological polar surface area (TPSA) is 0 Å². The van der Waals surface area contributed by atoms with E-state index in [2.05, 4.69) is 97.2 Å². The molecular formula is C64H112Cl4Ir-4. The quantitative estimate of drug-likeness (QED) is 0.212. The Morgan fingerprint density at radius 3 is 0.217 bits per heavy atom. The smallest absolute Gasteiger partial charge is 0 e. The zero-order chi connectivity index (χ0) is 45.3. The maximum Gasteiger partial charge on any atom is 0 e. The number of hydrogen-bond donors (Lipinski definition) is 0. The van der Waals surface area contributed by atoms with Crippen LogP contribution in [0.3, 0.4) is 0 Å². The summed E-state index contributed by atoms with van der Waals surface area (Å²) in [5.74, 6) is 0. The minimum absolute atomic E-state index is 0. The van der Waals surface area contributed by atoms with Crippen LogP contribution in [0, 0.1) is 0 Å². The Kier molecular flexibility index (Phi) is 83.5. The van der Waals surface area contributed by atoms with Crippen LogP contribution in [0.2, 0.25) is 0 Å². The van der Waals surface area contributed by atoms with Crippen LogP contribution >= 0.6 is 0 Å². The molecule has 0 spiro atoms. The number of rotatable bonds is 0. The number of hydrogen-bond acceptors (Lipinski definition) is 0. The molecule has 0 unspecified atom stereocenters. The molecule has 0 heterocycles. The SMILES string of the molecule is C1=CCCCCCC1.C1=CCCCCCC1.C1=CCCCCCC1.C1=CCCCCCC1.C1=CCCCCCC1.C1=CCCCCCC1.C1=CCCCCCC1.C1=CCCCCCC1.[Cl-].[Cl-].[Cl-].[Cl-].[Ir]. The average Bonchev–Trinajstić information content (AvgIpc) is 3.18. The molecule has 69 heavy (non-hydrogen) atoms. The molecule has 0 bridgehead atoms. The maximum atomic E-state index is 2.32. The molecule has 0 amide bonds. The Hall–Kier alpha value is -0.271.